The van der Waals surface area contributed by atoms with Gasteiger partial charge in [0, 0.05) is 31.2 Å². The van der Waals surface area contributed by atoms with Crippen LogP contribution < -0.4 is 5.32 Å². The molecule has 2 aliphatic rings. The van der Waals surface area contributed by atoms with Gasteiger partial charge in [-0.1, -0.05) is 16.1 Å². The Balaban J connectivity index is 1.65. The van der Waals surface area contributed by atoms with Gasteiger partial charge in [-0.15, -0.1) is 5.10 Å². The van der Waals surface area contributed by atoms with Crippen LogP contribution in [0.1, 0.15) is 31.4 Å². The van der Waals surface area contributed by atoms with Crippen LogP contribution in [0.5, 0.6) is 0 Å². The van der Waals surface area contributed by atoms with Gasteiger partial charge in [-0.25, -0.2) is 0 Å². The Hall–Kier alpha value is -0.230. The minimum Gasteiger partial charge on any atom is -0.316 e. The lowest BCUT2D eigenvalue weighted by atomic mass is 9.74. The van der Waals surface area contributed by atoms with E-state index < -0.39 is 0 Å². The lowest BCUT2D eigenvalue weighted by molar-refractivity contribution is 0.0593. The van der Waals surface area contributed by atoms with Gasteiger partial charge < -0.3 is 5.32 Å². The highest BCUT2D eigenvalue weighted by Gasteiger charge is 2.36. The molecule has 2 aliphatic heterocycles. The molecular formula is C12H19ClN4S. The van der Waals surface area contributed by atoms with E-state index in [9.17, 15) is 0 Å². The zero-order valence-electron chi connectivity index (χ0n) is 10.5. The molecule has 0 bridgehead atoms. The third-order valence-corrected chi connectivity index (χ3v) is 5.17. The molecule has 4 nitrogen and oxygen atoms in total. The molecule has 18 heavy (non-hydrogen) atoms. The lowest BCUT2D eigenvalue weighted by Crippen LogP contribution is -2.50. The monoisotopic (exact) mass is 286 g/mol. The minimum atomic E-state index is 0.492. The molecular weight excluding hydrogens is 268 g/mol. The zero-order chi connectivity index (χ0) is 12.4. The number of halogens is 1. The molecule has 0 radical (unpaired) electrons. The van der Waals surface area contributed by atoms with E-state index in [0.29, 0.717) is 5.41 Å². The molecule has 100 valence electrons. The fourth-order valence-electron chi connectivity index (χ4n) is 3.33. The normalized spacial score (nSPS) is 29.8. The fraction of sp³-hybridized carbons (Fsp3) is 0.833. The second-order valence-corrected chi connectivity index (χ2v) is 6.94. The van der Waals surface area contributed by atoms with E-state index in [-0.39, 0.29) is 0 Å². The predicted molar refractivity (Wildman–Crippen MR) is 74.0 cm³/mol. The minimum absolute atomic E-state index is 0.492. The number of piperidine rings is 2. The highest BCUT2D eigenvalue weighted by molar-refractivity contribution is 7.10. The second-order valence-electron chi connectivity index (χ2n) is 5.59. The van der Waals surface area contributed by atoms with Crippen molar-refractivity contribution in [3.8, 4) is 0 Å². The van der Waals surface area contributed by atoms with E-state index >= 15 is 0 Å². The smallest absolute Gasteiger partial charge is 0.138 e. The third kappa shape index (κ3) is 2.69. The molecule has 1 N–H and O–H groups in total. The van der Waals surface area contributed by atoms with Crippen molar-refractivity contribution < 1.29 is 0 Å². The largest absolute Gasteiger partial charge is 0.316 e. The van der Waals surface area contributed by atoms with Crippen LogP contribution in [0.4, 0.5) is 0 Å². The Labute approximate surface area is 117 Å². The van der Waals surface area contributed by atoms with Gasteiger partial charge in [-0.2, -0.15) is 0 Å². The Kier molecular flexibility index (Phi) is 3.84. The third-order valence-electron chi connectivity index (χ3n) is 4.18. The van der Waals surface area contributed by atoms with Gasteiger partial charge in [0.05, 0.1) is 0 Å². The van der Waals surface area contributed by atoms with Gasteiger partial charge in [-0.05, 0) is 44.2 Å². The summed E-state index contributed by atoms with van der Waals surface area (Å²) in [5, 5.41) is 7.68. The van der Waals surface area contributed by atoms with E-state index in [1.54, 1.807) is 0 Å². The van der Waals surface area contributed by atoms with Crippen LogP contribution in [0.2, 0.25) is 4.34 Å². The number of hydrogen-bond donors (Lipinski definition) is 1. The molecule has 6 heteroatoms. The van der Waals surface area contributed by atoms with Crippen molar-refractivity contribution in [2.24, 2.45) is 5.41 Å². The molecule has 0 aromatic carbocycles. The summed E-state index contributed by atoms with van der Waals surface area (Å²) >= 11 is 7.38. The molecule has 2 fully saturated rings. The Bertz CT molecular complexity index is 397. The maximum atomic E-state index is 6.09. The van der Waals surface area contributed by atoms with E-state index in [4.69, 9.17) is 11.6 Å². The van der Waals surface area contributed by atoms with Crippen molar-refractivity contribution in [1.29, 1.82) is 0 Å². The molecule has 1 atom stereocenters. The molecule has 1 spiro atoms. The molecule has 0 aliphatic carbocycles. The number of hydrogen-bond acceptors (Lipinski definition) is 5. The first kappa shape index (κ1) is 12.8. The fourth-order valence-corrected chi connectivity index (χ4v) is 3.94. The number of nitrogens with one attached hydrogen (secondary N) is 1. The van der Waals surface area contributed by atoms with Crippen molar-refractivity contribution in [3.05, 3.63) is 10.0 Å². The molecule has 3 rings (SSSR count). The maximum Gasteiger partial charge on any atom is 0.138 e. The van der Waals surface area contributed by atoms with Crippen LogP contribution in [-0.4, -0.2) is 40.7 Å². The van der Waals surface area contributed by atoms with Gasteiger partial charge in [0.15, 0.2) is 0 Å². The van der Waals surface area contributed by atoms with Crippen LogP contribution in [0.15, 0.2) is 0 Å². The summed E-state index contributed by atoms with van der Waals surface area (Å²) in [4.78, 5) is 2.50. The first-order valence-electron chi connectivity index (χ1n) is 6.67. The van der Waals surface area contributed by atoms with Gasteiger partial charge in [-0.3, -0.25) is 4.90 Å². The van der Waals surface area contributed by atoms with E-state index in [0.717, 1.165) is 23.1 Å². The Morgan fingerprint density at radius 1 is 1.39 bits per heavy atom. The van der Waals surface area contributed by atoms with Gasteiger partial charge in [0.1, 0.15) is 10.0 Å². The summed E-state index contributed by atoms with van der Waals surface area (Å²) in [6.45, 7) is 5.55. The van der Waals surface area contributed by atoms with Crippen LogP contribution in [0, 0.1) is 5.41 Å². The maximum absolute atomic E-state index is 6.09. The van der Waals surface area contributed by atoms with E-state index in [1.807, 2.05) is 0 Å². The van der Waals surface area contributed by atoms with Crippen LogP contribution in [-0.2, 0) is 6.54 Å². The summed E-state index contributed by atoms with van der Waals surface area (Å²) in [5.41, 5.74) is 1.44. The Morgan fingerprint density at radius 3 is 3.00 bits per heavy atom. The average Bonchev–Trinajstić information content (AvgIpc) is 2.76. The number of rotatable bonds is 2. The second kappa shape index (κ2) is 5.41. The van der Waals surface area contributed by atoms with Crippen molar-refractivity contribution in [2.45, 2.75) is 32.2 Å². The predicted octanol–water partition coefficient (Wildman–Crippen LogP) is 2.16. The molecule has 0 saturated carbocycles. The van der Waals surface area contributed by atoms with Crippen LogP contribution >= 0.6 is 23.1 Å². The van der Waals surface area contributed by atoms with Crippen molar-refractivity contribution in [1.82, 2.24) is 19.8 Å². The molecule has 1 unspecified atom stereocenters. The topological polar surface area (TPSA) is 41.1 Å². The molecule has 0 amide bonds. The molecule has 2 saturated heterocycles. The quantitative estimate of drug-likeness (QED) is 0.905. The SMILES string of the molecule is Clc1snnc1CN1CCCC2(CCCNC2)C1. The molecule has 1 aromatic heterocycles. The first-order valence-corrected chi connectivity index (χ1v) is 7.82. The summed E-state index contributed by atoms with van der Waals surface area (Å²) in [5.74, 6) is 0. The summed E-state index contributed by atoms with van der Waals surface area (Å²) < 4.78 is 4.66. The highest BCUT2D eigenvalue weighted by Crippen LogP contribution is 2.36. The number of nitrogens with zero attached hydrogens (tertiary/aromatic N) is 3. The van der Waals surface area contributed by atoms with Gasteiger partial charge in [0.25, 0.3) is 0 Å². The van der Waals surface area contributed by atoms with Gasteiger partial charge in [0.2, 0.25) is 0 Å². The highest BCUT2D eigenvalue weighted by atomic mass is 35.5. The lowest BCUT2D eigenvalue weighted by Gasteiger charge is -2.45. The molecule has 3 heterocycles. The summed E-state index contributed by atoms with van der Waals surface area (Å²) in [6, 6.07) is 0. The van der Waals surface area contributed by atoms with Crippen LogP contribution in [0.25, 0.3) is 0 Å². The van der Waals surface area contributed by atoms with Crippen molar-refractivity contribution >= 4 is 23.1 Å². The van der Waals surface area contributed by atoms with Crippen molar-refractivity contribution in [3.63, 3.8) is 0 Å². The molecule has 1 aromatic rings. The van der Waals surface area contributed by atoms with E-state index in [2.05, 4.69) is 19.8 Å². The zero-order valence-corrected chi connectivity index (χ0v) is 12.1. The van der Waals surface area contributed by atoms with E-state index in [1.165, 1.54) is 56.9 Å². The summed E-state index contributed by atoms with van der Waals surface area (Å²) in [6.07, 6.45) is 5.32. The Morgan fingerprint density at radius 2 is 2.28 bits per heavy atom. The number of likely N-dealkylation sites (tertiary alicyclic amines) is 1. The summed E-state index contributed by atoms with van der Waals surface area (Å²) in [7, 11) is 0. The van der Waals surface area contributed by atoms with Crippen LogP contribution in [0.3, 0.4) is 0 Å². The standard InChI is InChI=1S/C12H19ClN4S/c13-11-10(15-16-18-11)7-17-6-2-4-12(9-17)3-1-5-14-8-12/h14H,1-9H2. The van der Waals surface area contributed by atoms with Gasteiger partial charge >= 0.3 is 0 Å². The average molecular weight is 287 g/mol. The number of aromatic nitrogens is 2. The first-order chi connectivity index (χ1) is 8.77. The van der Waals surface area contributed by atoms with Crippen molar-refractivity contribution in [2.75, 3.05) is 26.2 Å².